The van der Waals surface area contributed by atoms with E-state index in [1.165, 1.54) is 0 Å². The smallest absolute Gasteiger partial charge is 0.0185 e. The van der Waals surface area contributed by atoms with Crippen LogP contribution in [0.1, 0.15) is 20.3 Å². The van der Waals surface area contributed by atoms with Crippen LogP contribution in [0, 0.1) is 0 Å². The van der Waals surface area contributed by atoms with Crippen molar-refractivity contribution in [3.05, 3.63) is 0 Å². The molecule has 0 radical (unpaired) electrons. The zero-order valence-electron chi connectivity index (χ0n) is 7.33. The Kier molecular flexibility index (Phi) is 5.76. The summed E-state index contributed by atoms with van der Waals surface area (Å²) in [6.45, 7) is 5.52. The summed E-state index contributed by atoms with van der Waals surface area (Å²) in [5.74, 6) is 0. The Morgan fingerprint density at radius 1 is 1.36 bits per heavy atom. The Bertz CT molecular complexity index is 117. The van der Waals surface area contributed by atoms with Gasteiger partial charge >= 0.3 is 0 Å². The highest BCUT2D eigenvalue weighted by Gasteiger charge is 2.33. The third kappa shape index (κ3) is 3.16. The van der Waals surface area contributed by atoms with E-state index in [9.17, 15) is 0 Å². The molecule has 4 heteroatoms. The fourth-order valence-corrected chi connectivity index (χ4v) is 1.46. The monoisotopic (exact) mass is 200 g/mol. The van der Waals surface area contributed by atoms with Crippen molar-refractivity contribution in [1.29, 1.82) is 0 Å². The van der Waals surface area contributed by atoms with Gasteiger partial charge in [-0.2, -0.15) is 0 Å². The maximum atomic E-state index is 5.76. The molecule has 2 N–H and O–H groups in total. The zero-order valence-corrected chi connectivity index (χ0v) is 8.97. The minimum atomic E-state index is 0. The third-order valence-corrected chi connectivity index (χ3v) is 2.30. The van der Waals surface area contributed by atoms with Crippen molar-refractivity contribution in [2.45, 2.75) is 31.8 Å². The SMILES string of the molecule is CN1CC(N)CC1(C)C.Cl.Cl. The number of likely N-dealkylation sites (tertiary alicyclic amines) is 1. The van der Waals surface area contributed by atoms with Crippen LogP contribution < -0.4 is 5.73 Å². The van der Waals surface area contributed by atoms with Crippen LogP contribution in [0.2, 0.25) is 0 Å². The van der Waals surface area contributed by atoms with Crippen LogP contribution in [0.3, 0.4) is 0 Å². The molecule has 0 aromatic carbocycles. The molecule has 0 spiro atoms. The van der Waals surface area contributed by atoms with Gasteiger partial charge in [-0.3, -0.25) is 4.90 Å². The largest absolute Gasteiger partial charge is 0.326 e. The van der Waals surface area contributed by atoms with E-state index < -0.39 is 0 Å². The van der Waals surface area contributed by atoms with E-state index in [0.717, 1.165) is 13.0 Å². The molecule has 1 atom stereocenters. The van der Waals surface area contributed by atoms with Gasteiger partial charge in [-0.1, -0.05) is 0 Å². The lowest BCUT2D eigenvalue weighted by Crippen LogP contribution is -2.34. The van der Waals surface area contributed by atoms with E-state index in [-0.39, 0.29) is 24.8 Å². The normalized spacial score (nSPS) is 28.9. The Hall–Kier alpha value is 0.500. The van der Waals surface area contributed by atoms with Crippen molar-refractivity contribution in [1.82, 2.24) is 4.90 Å². The lowest BCUT2D eigenvalue weighted by atomic mass is 10.0. The molecule has 11 heavy (non-hydrogen) atoms. The first-order valence-corrected chi connectivity index (χ1v) is 3.49. The van der Waals surface area contributed by atoms with Crippen molar-refractivity contribution < 1.29 is 0 Å². The Morgan fingerprint density at radius 2 is 1.82 bits per heavy atom. The van der Waals surface area contributed by atoms with Crippen LogP contribution in [-0.2, 0) is 0 Å². The second-order valence-electron chi connectivity index (χ2n) is 3.66. The van der Waals surface area contributed by atoms with Crippen LogP contribution in [0.4, 0.5) is 0 Å². The highest BCUT2D eigenvalue weighted by Crippen LogP contribution is 2.24. The minimum absolute atomic E-state index is 0. The molecule has 1 rings (SSSR count). The predicted molar refractivity (Wildman–Crippen MR) is 53.8 cm³/mol. The molecular formula is C7H18Cl2N2. The van der Waals surface area contributed by atoms with Crippen LogP contribution in [0.15, 0.2) is 0 Å². The second-order valence-corrected chi connectivity index (χ2v) is 3.66. The molecule has 0 aliphatic carbocycles. The Labute approximate surface area is 81.3 Å². The van der Waals surface area contributed by atoms with Crippen LogP contribution >= 0.6 is 24.8 Å². The van der Waals surface area contributed by atoms with Gasteiger partial charge in [0.25, 0.3) is 0 Å². The average Bonchev–Trinajstić information content (AvgIpc) is 1.79. The molecule has 0 aromatic rings. The first-order valence-electron chi connectivity index (χ1n) is 3.49. The van der Waals surface area contributed by atoms with Crippen molar-refractivity contribution in [2.75, 3.05) is 13.6 Å². The van der Waals surface area contributed by atoms with E-state index in [2.05, 4.69) is 25.8 Å². The van der Waals surface area contributed by atoms with Gasteiger partial charge in [0, 0.05) is 18.1 Å². The van der Waals surface area contributed by atoms with Crippen LogP contribution in [0.5, 0.6) is 0 Å². The molecule has 1 saturated heterocycles. The molecule has 1 unspecified atom stereocenters. The van der Waals surface area contributed by atoms with Gasteiger partial charge in [-0.15, -0.1) is 24.8 Å². The lowest BCUT2D eigenvalue weighted by Gasteiger charge is -2.26. The van der Waals surface area contributed by atoms with Gasteiger partial charge in [0.2, 0.25) is 0 Å². The summed E-state index contributed by atoms with van der Waals surface area (Å²) in [5, 5.41) is 0. The van der Waals surface area contributed by atoms with Gasteiger partial charge < -0.3 is 5.73 Å². The van der Waals surface area contributed by atoms with Crippen molar-refractivity contribution in [2.24, 2.45) is 5.73 Å². The highest BCUT2D eigenvalue weighted by molar-refractivity contribution is 5.85. The van der Waals surface area contributed by atoms with Gasteiger partial charge in [0.05, 0.1) is 0 Å². The summed E-state index contributed by atoms with van der Waals surface area (Å²) in [6, 6.07) is 0.394. The number of nitrogens with two attached hydrogens (primary N) is 1. The third-order valence-electron chi connectivity index (χ3n) is 2.30. The van der Waals surface area contributed by atoms with E-state index in [1.54, 1.807) is 0 Å². The number of hydrogen-bond donors (Lipinski definition) is 1. The summed E-state index contributed by atoms with van der Waals surface area (Å²) in [4.78, 5) is 2.32. The Morgan fingerprint density at radius 3 is 1.91 bits per heavy atom. The molecule has 1 heterocycles. The topological polar surface area (TPSA) is 29.3 Å². The molecule has 1 aliphatic rings. The average molecular weight is 201 g/mol. The maximum Gasteiger partial charge on any atom is 0.0185 e. The van der Waals surface area contributed by atoms with Crippen LogP contribution in [0.25, 0.3) is 0 Å². The minimum Gasteiger partial charge on any atom is -0.326 e. The van der Waals surface area contributed by atoms with Crippen molar-refractivity contribution in [3.63, 3.8) is 0 Å². The first kappa shape index (κ1) is 14.0. The molecule has 1 fully saturated rings. The van der Waals surface area contributed by atoms with E-state index in [4.69, 9.17) is 5.73 Å². The van der Waals surface area contributed by atoms with Gasteiger partial charge in [0.1, 0.15) is 0 Å². The quantitative estimate of drug-likeness (QED) is 0.639. The first-order chi connectivity index (χ1) is 4.02. The van der Waals surface area contributed by atoms with E-state index in [1.807, 2.05) is 0 Å². The summed E-state index contributed by atoms with van der Waals surface area (Å²) >= 11 is 0. The van der Waals surface area contributed by atoms with Crippen molar-refractivity contribution in [3.8, 4) is 0 Å². The number of likely N-dealkylation sites (N-methyl/N-ethyl adjacent to an activating group) is 1. The highest BCUT2D eigenvalue weighted by atomic mass is 35.5. The molecule has 1 aliphatic heterocycles. The molecule has 0 aromatic heterocycles. The van der Waals surface area contributed by atoms with Crippen molar-refractivity contribution >= 4 is 24.8 Å². The number of nitrogens with zero attached hydrogens (tertiary/aromatic N) is 1. The standard InChI is InChI=1S/C7H16N2.2ClH/c1-7(2)4-6(8)5-9(7)3;;/h6H,4-5,8H2,1-3H3;2*1H. The van der Waals surface area contributed by atoms with E-state index in [0.29, 0.717) is 11.6 Å². The summed E-state index contributed by atoms with van der Waals surface area (Å²) in [5.41, 5.74) is 6.09. The Balaban J connectivity index is 0. The maximum absolute atomic E-state index is 5.76. The summed E-state index contributed by atoms with van der Waals surface area (Å²) in [7, 11) is 2.13. The second kappa shape index (κ2) is 4.51. The van der Waals surface area contributed by atoms with Gasteiger partial charge in [-0.05, 0) is 27.3 Å². The van der Waals surface area contributed by atoms with Gasteiger partial charge in [-0.25, -0.2) is 0 Å². The molecule has 70 valence electrons. The molecule has 0 amide bonds. The predicted octanol–water partition coefficient (Wildman–Crippen LogP) is 1.27. The van der Waals surface area contributed by atoms with Crippen LogP contribution in [-0.4, -0.2) is 30.1 Å². The molecule has 0 saturated carbocycles. The number of hydrogen-bond acceptors (Lipinski definition) is 2. The summed E-state index contributed by atoms with van der Waals surface area (Å²) in [6.07, 6.45) is 1.13. The zero-order chi connectivity index (χ0) is 7.07. The fourth-order valence-electron chi connectivity index (χ4n) is 1.46. The molecule has 0 bridgehead atoms. The number of halogens is 2. The fraction of sp³-hybridized carbons (Fsp3) is 1.00. The molecule has 2 nitrogen and oxygen atoms in total. The molecular weight excluding hydrogens is 183 g/mol. The summed E-state index contributed by atoms with van der Waals surface area (Å²) < 4.78 is 0. The van der Waals surface area contributed by atoms with E-state index >= 15 is 0 Å². The lowest BCUT2D eigenvalue weighted by molar-refractivity contribution is 0.218. The number of rotatable bonds is 0. The van der Waals surface area contributed by atoms with Gasteiger partial charge in [0.15, 0.2) is 0 Å².